The van der Waals surface area contributed by atoms with Gasteiger partial charge in [0.05, 0.1) is 33.0 Å². The van der Waals surface area contributed by atoms with E-state index in [1.165, 1.54) is 11.8 Å². The van der Waals surface area contributed by atoms with Gasteiger partial charge >= 0.3 is 0 Å². The molecule has 0 bridgehead atoms. The first-order chi connectivity index (χ1) is 13.3. The van der Waals surface area contributed by atoms with E-state index >= 15 is 0 Å². The van der Waals surface area contributed by atoms with Crippen molar-refractivity contribution in [1.82, 2.24) is 0 Å². The molecule has 2 aromatic carbocycles. The predicted molar refractivity (Wildman–Crippen MR) is 117 cm³/mol. The van der Waals surface area contributed by atoms with Crippen molar-refractivity contribution in [1.29, 1.82) is 10.5 Å². The molecule has 0 spiro atoms. The summed E-state index contributed by atoms with van der Waals surface area (Å²) in [5.74, 6) is -0.631. The highest BCUT2D eigenvalue weighted by Gasteiger charge is 2.55. The van der Waals surface area contributed by atoms with Gasteiger partial charge in [0.2, 0.25) is 0 Å². The molecule has 6 heteroatoms. The van der Waals surface area contributed by atoms with Crippen molar-refractivity contribution < 1.29 is 0 Å². The molecule has 3 atom stereocenters. The highest BCUT2D eigenvalue weighted by Crippen LogP contribution is 2.60. The van der Waals surface area contributed by atoms with Crippen LogP contribution in [0.1, 0.15) is 33.4 Å². The first kappa shape index (κ1) is 19.9. The molecule has 0 radical (unpaired) electrons. The molecule has 1 heterocycles. The van der Waals surface area contributed by atoms with E-state index in [9.17, 15) is 10.5 Å². The van der Waals surface area contributed by atoms with Crippen LogP contribution in [0.4, 0.5) is 0 Å². The summed E-state index contributed by atoms with van der Waals surface area (Å²) in [5.41, 5.74) is 15.5. The van der Waals surface area contributed by atoms with Gasteiger partial charge in [-0.05, 0) is 25.0 Å². The molecule has 0 saturated heterocycles. The summed E-state index contributed by atoms with van der Waals surface area (Å²) in [6.07, 6.45) is 0. The minimum Gasteiger partial charge on any atom is -0.393 e. The van der Waals surface area contributed by atoms with Gasteiger partial charge in [0.1, 0.15) is 5.41 Å². The number of hydrogen-bond donors (Lipinski definition) is 2. The summed E-state index contributed by atoms with van der Waals surface area (Å²) >= 11 is 6.73. The van der Waals surface area contributed by atoms with Crippen molar-refractivity contribution in [3.63, 3.8) is 0 Å². The summed E-state index contributed by atoms with van der Waals surface area (Å²) in [6.45, 7) is 3.98. The lowest BCUT2D eigenvalue weighted by atomic mass is 9.65. The molecule has 28 heavy (non-hydrogen) atoms. The number of nitrogens with two attached hydrogens (primary N) is 2. The fourth-order valence-electron chi connectivity index (χ4n) is 3.63. The zero-order valence-corrected chi connectivity index (χ0v) is 17.3. The van der Waals surface area contributed by atoms with Crippen molar-refractivity contribution in [3.8, 4) is 12.1 Å². The molecule has 0 aromatic heterocycles. The van der Waals surface area contributed by atoms with Gasteiger partial charge in [-0.25, -0.2) is 0 Å². The zero-order chi connectivity index (χ0) is 20.5. The fraction of sp³-hybridized carbons (Fsp3) is 0.227. The summed E-state index contributed by atoms with van der Waals surface area (Å²) in [7, 11) is 0. The molecule has 0 fully saturated rings. The molecule has 4 nitrogen and oxygen atoms in total. The molecule has 3 rings (SSSR count). The minimum atomic E-state index is -1.28. The van der Waals surface area contributed by atoms with Gasteiger partial charge < -0.3 is 11.5 Å². The molecule has 1 aliphatic rings. The second-order valence-corrected chi connectivity index (χ2v) is 8.57. The fourth-order valence-corrected chi connectivity index (χ4v) is 5.33. The average molecular weight is 405 g/mol. The number of thiocarbonyl (C=S) groups is 1. The van der Waals surface area contributed by atoms with Gasteiger partial charge in [0.25, 0.3) is 0 Å². The molecule has 140 valence electrons. The Bertz CT molecular complexity index is 1030. The van der Waals surface area contributed by atoms with E-state index in [0.29, 0.717) is 10.6 Å². The highest BCUT2D eigenvalue weighted by atomic mass is 32.2. The van der Waals surface area contributed by atoms with Crippen molar-refractivity contribution in [3.05, 3.63) is 81.4 Å². The Morgan fingerprint density at radius 1 is 1.00 bits per heavy atom. The lowest BCUT2D eigenvalue weighted by molar-refractivity contribution is 0.462. The van der Waals surface area contributed by atoms with Crippen LogP contribution in [0.2, 0.25) is 0 Å². The van der Waals surface area contributed by atoms with Gasteiger partial charge in [-0.2, -0.15) is 10.5 Å². The first-order valence-corrected chi connectivity index (χ1v) is 10.0. The standard InChI is InChI=1S/C22H20N4S2/c1-13-3-7-15(8-4-13)18-17(11-23)20(25)28-19(22(18,12-24)21(26)27)16-9-5-14(2)6-10-16/h3-10,18-19H,25H2,1-2H3,(H2,26,27)/t18-,19+,22-/m0/s1. The van der Waals surface area contributed by atoms with Crippen LogP contribution in [-0.4, -0.2) is 4.99 Å². The van der Waals surface area contributed by atoms with Gasteiger partial charge in [0.15, 0.2) is 0 Å². The van der Waals surface area contributed by atoms with Gasteiger partial charge in [0, 0.05) is 5.92 Å². The number of aryl methyl sites for hydroxylation is 2. The van der Waals surface area contributed by atoms with Crippen molar-refractivity contribution in [2.75, 3.05) is 0 Å². The summed E-state index contributed by atoms with van der Waals surface area (Å²) < 4.78 is 0. The van der Waals surface area contributed by atoms with Crippen molar-refractivity contribution >= 4 is 29.0 Å². The number of nitriles is 2. The quantitative estimate of drug-likeness (QED) is 0.737. The summed E-state index contributed by atoms with van der Waals surface area (Å²) in [6, 6.07) is 20.2. The Balaban J connectivity index is 2.32. The lowest BCUT2D eigenvalue weighted by Crippen LogP contribution is -2.47. The van der Waals surface area contributed by atoms with E-state index in [1.54, 1.807) is 0 Å². The minimum absolute atomic E-state index is 0.0684. The van der Waals surface area contributed by atoms with Crippen molar-refractivity contribution in [2.45, 2.75) is 25.0 Å². The average Bonchev–Trinajstić information content (AvgIpc) is 2.68. The predicted octanol–water partition coefficient (Wildman–Crippen LogP) is 4.37. The molecule has 4 N–H and O–H groups in total. The summed E-state index contributed by atoms with van der Waals surface area (Å²) in [4.78, 5) is 0.0684. The Hall–Kier alpha value is -2.80. The second-order valence-electron chi connectivity index (χ2n) is 6.99. The number of hydrogen-bond acceptors (Lipinski definition) is 5. The maximum atomic E-state index is 10.4. The summed E-state index contributed by atoms with van der Waals surface area (Å²) in [5, 5.41) is 20.2. The third-order valence-corrected chi connectivity index (χ3v) is 6.86. The normalized spacial score (nSPS) is 24.3. The number of thioether (sulfide) groups is 1. The van der Waals surface area contributed by atoms with E-state index in [1.807, 2.05) is 62.4 Å². The van der Waals surface area contributed by atoms with E-state index in [2.05, 4.69) is 12.1 Å². The largest absolute Gasteiger partial charge is 0.393 e. The molecule has 1 aliphatic heterocycles. The Morgan fingerprint density at radius 3 is 1.93 bits per heavy atom. The lowest BCUT2D eigenvalue weighted by Gasteiger charge is -2.44. The van der Waals surface area contributed by atoms with Crippen LogP contribution in [0.3, 0.4) is 0 Å². The molecule has 0 aliphatic carbocycles. The third kappa shape index (κ3) is 3.16. The maximum absolute atomic E-state index is 10.4. The van der Waals surface area contributed by atoms with Crippen LogP contribution in [0, 0.1) is 41.9 Å². The molecule has 0 amide bonds. The number of nitrogens with zero attached hydrogens (tertiary/aromatic N) is 2. The Kier molecular flexibility index (Phi) is 5.47. The highest BCUT2D eigenvalue weighted by molar-refractivity contribution is 8.03. The SMILES string of the molecule is Cc1ccc([C@H]2SC(N)=C(C#N)[C@H](c3ccc(C)cc3)[C@]2(C#N)C(N)=S)cc1. The van der Waals surface area contributed by atoms with Crippen LogP contribution in [0.15, 0.2) is 59.1 Å². The number of benzene rings is 2. The van der Waals surface area contributed by atoms with Crippen LogP contribution < -0.4 is 11.5 Å². The van der Waals surface area contributed by atoms with Crippen LogP contribution in [0.25, 0.3) is 0 Å². The maximum Gasteiger partial charge on any atom is 0.135 e. The topological polar surface area (TPSA) is 99.6 Å². The monoisotopic (exact) mass is 404 g/mol. The molecular formula is C22H20N4S2. The van der Waals surface area contributed by atoms with Gasteiger partial charge in [-0.1, -0.05) is 83.6 Å². The molecule has 2 aromatic rings. The van der Waals surface area contributed by atoms with Crippen LogP contribution >= 0.6 is 24.0 Å². The smallest absolute Gasteiger partial charge is 0.135 e. The van der Waals surface area contributed by atoms with E-state index < -0.39 is 16.6 Å². The number of allylic oxidation sites excluding steroid dienone is 1. The molecule has 0 saturated carbocycles. The van der Waals surface area contributed by atoms with E-state index in [-0.39, 0.29) is 4.99 Å². The molecular weight excluding hydrogens is 384 g/mol. The third-order valence-electron chi connectivity index (χ3n) is 5.17. The Labute approximate surface area is 174 Å². The van der Waals surface area contributed by atoms with Crippen LogP contribution in [-0.2, 0) is 0 Å². The van der Waals surface area contributed by atoms with Crippen molar-refractivity contribution in [2.24, 2.45) is 16.9 Å². The number of rotatable bonds is 3. The molecule has 0 unspecified atom stereocenters. The zero-order valence-electron chi connectivity index (χ0n) is 15.6. The van der Waals surface area contributed by atoms with Crippen LogP contribution in [0.5, 0.6) is 0 Å². The van der Waals surface area contributed by atoms with Gasteiger partial charge in [-0.3, -0.25) is 0 Å². The first-order valence-electron chi connectivity index (χ1n) is 8.75. The van der Waals surface area contributed by atoms with Gasteiger partial charge in [-0.15, -0.1) is 0 Å². The van der Waals surface area contributed by atoms with E-state index in [4.69, 9.17) is 23.7 Å². The Morgan fingerprint density at radius 2 is 1.50 bits per heavy atom. The second kappa shape index (κ2) is 7.67. The van der Waals surface area contributed by atoms with E-state index in [0.717, 1.165) is 22.3 Å².